The summed E-state index contributed by atoms with van der Waals surface area (Å²) in [6.45, 7) is 0. The number of hydrogen-bond acceptors (Lipinski definition) is 7. The van der Waals surface area contributed by atoms with Crippen molar-refractivity contribution in [2.75, 3.05) is 12.4 Å². The Morgan fingerprint density at radius 3 is 2.88 bits per heavy atom. The Labute approximate surface area is 105 Å². The number of hydrogen-bond donors (Lipinski definition) is 1. The number of nitro benzene ring substituents is 1. The van der Waals surface area contributed by atoms with Gasteiger partial charge in [0.1, 0.15) is 5.51 Å². The summed E-state index contributed by atoms with van der Waals surface area (Å²) in [5.74, 6) is 0. The van der Waals surface area contributed by atoms with E-state index in [1.807, 2.05) is 6.07 Å². The summed E-state index contributed by atoms with van der Waals surface area (Å²) < 4.78 is 0.757. The van der Waals surface area contributed by atoms with Crippen LogP contribution in [0.1, 0.15) is 0 Å². The summed E-state index contributed by atoms with van der Waals surface area (Å²) >= 11 is 2.75. The van der Waals surface area contributed by atoms with Gasteiger partial charge in [-0.15, -0.1) is 10.2 Å². The predicted octanol–water partition coefficient (Wildman–Crippen LogP) is 2.64. The number of non-ortho nitro benzene ring substituents is 1. The van der Waals surface area contributed by atoms with E-state index in [4.69, 9.17) is 0 Å². The average molecular weight is 268 g/mol. The topological polar surface area (TPSA) is 81.0 Å². The molecule has 0 saturated carbocycles. The number of aromatic nitrogens is 2. The molecule has 2 aromatic rings. The van der Waals surface area contributed by atoms with E-state index >= 15 is 0 Å². The van der Waals surface area contributed by atoms with Gasteiger partial charge in [-0.25, -0.2) is 0 Å². The fourth-order valence-corrected chi connectivity index (χ4v) is 2.74. The predicted molar refractivity (Wildman–Crippen MR) is 66.7 cm³/mol. The lowest BCUT2D eigenvalue weighted by atomic mass is 10.3. The highest BCUT2D eigenvalue weighted by Crippen LogP contribution is 2.33. The van der Waals surface area contributed by atoms with Gasteiger partial charge in [0.05, 0.1) is 4.92 Å². The Bertz CT molecular complexity index is 530. The molecule has 1 heterocycles. The highest BCUT2D eigenvalue weighted by Gasteiger charge is 2.11. The Balaban J connectivity index is 2.33. The van der Waals surface area contributed by atoms with Crippen LogP contribution in [0.5, 0.6) is 0 Å². The molecule has 0 aliphatic carbocycles. The molecule has 0 spiro atoms. The number of nitrogens with zero attached hydrogens (tertiary/aromatic N) is 3. The number of anilines is 1. The molecule has 2 rings (SSSR count). The van der Waals surface area contributed by atoms with Gasteiger partial charge in [0.2, 0.25) is 0 Å². The molecule has 0 bridgehead atoms. The molecule has 0 aliphatic rings. The highest BCUT2D eigenvalue weighted by molar-refractivity contribution is 8.01. The molecule has 1 aromatic heterocycles. The summed E-state index contributed by atoms with van der Waals surface area (Å²) in [6, 6.07) is 4.84. The van der Waals surface area contributed by atoms with Crippen LogP contribution in [0.25, 0.3) is 0 Å². The molecule has 0 radical (unpaired) electrons. The first-order chi connectivity index (χ1) is 8.19. The van der Waals surface area contributed by atoms with Gasteiger partial charge in [-0.05, 0) is 6.07 Å². The SMILES string of the molecule is CNc1cc(Sc2nncs2)cc([N+](=O)[O-])c1. The van der Waals surface area contributed by atoms with E-state index in [1.165, 1.54) is 35.2 Å². The van der Waals surface area contributed by atoms with Gasteiger partial charge in [0.25, 0.3) is 5.69 Å². The second-order valence-electron chi connectivity index (χ2n) is 3.03. The van der Waals surface area contributed by atoms with Crippen molar-refractivity contribution in [1.29, 1.82) is 0 Å². The molecule has 8 heteroatoms. The average Bonchev–Trinajstić information content (AvgIpc) is 2.81. The van der Waals surface area contributed by atoms with Crippen LogP contribution in [0.2, 0.25) is 0 Å². The fraction of sp³-hybridized carbons (Fsp3) is 0.111. The molecule has 1 aromatic carbocycles. The van der Waals surface area contributed by atoms with E-state index in [0.29, 0.717) is 5.69 Å². The Hall–Kier alpha value is -1.67. The molecule has 0 unspecified atom stereocenters. The van der Waals surface area contributed by atoms with Crippen molar-refractivity contribution in [3.05, 3.63) is 33.8 Å². The van der Waals surface area contributed by atoms with Crippen LogP contribution < -0.4 is 5.32 Å². The van der Waals surface area contributed by atoms with Crippen molar-refractivity contribution < 1.29 is 4.92 Å². The maximum Gasteiger partial charge on any atom is 0.272 e. The minimum Gasteiger partial charge on any atom is -0.388 e. The second kappa shape index (κ2) is 5.11. The normalized spacial score (nSPS) is 10.2. The van der Waals surface area contributed by atoms with Crippen LogP contribution >= 0.6 is 23.1 Å². The van der Waals surface area contributed by atoms with Gasteiger partial charge in [0.15, 0.2) is 4.34 Å². The quantitative estimate of drug-likeness (QED) is 0.678. The van der Waals surface area contributed by atoms with Crippen molar-refractivity contribution in [2.24, 2.45) is 0 Å². The van der Waals surface area contributed by atoms with Crippen LogP contribution in [0.4, 0.5) is 11.4 Å². The molecule has 6 nitrogen and oxygen atoms in total. The van der Waals surface area contributed by atoms with Gasteiger partial charge >= 0.3 is 0 Å². The van der Waals surface area contributed by atoms with Crippen molar-refractivity contribution in [1.82, 2.24) is 10.2 Å². The largest absolute Gasteiger partial charge is 0.388 e. The summed E-state index contributed by atoms with van der Waals surface area (Å²) in [4.78, 5) is 11.1. The van der Waals surface area contributed by atoms with Gasteiger partial charge in [-0.2, -0.15) is 0 Å². The standard InChI is InChI=1S/C9H8N4O2S2/c1-10-6-2-7(13(14)15)4-8(3-6)17-9-12-11-5-16-9/h2-5,10H,1H3. The minimum absolute atomic E-state index is 0.0591. The van der Waals surface area contributed by atoms with E-state index in [1.54, 1.807) is 12.6 Å². The van der Waals surface area contributed by atoms with E-state index in [9.17, 15) is 10.1 Å². The molecule has 88 valence electrons. The lowest BCUT2D eigenvalue weighted by Gasteiger charge is -2.03. The van der Waals surface area contributed by atoms with Gasteiger partial charge in [-0.3, -0.25) is 10.1 Å². The lowest BCUT2D eigenvalue weighted by Crippen LogP contribution is -1.93. The zero-order valence-corrected chi connectivity index (χ0v) is 10.4. The summed E-state index contributed by atoms with van der Waals surface area (Å²) in [5.41, 5.74) is 2.38. The van der Waals surface area contributed by atoms with Crippen molar-refractivity contribution in [3.63, 3.8) is 0 Å². The van der Waals surface area contributed by atoms with E-state index in [0.717, 1.165) is 9.24 Å². The highest BCUT2D eigenvalue weighted by atomic mass is 32.2. The Morgan fingerprint density at radius 2 is 2.29 bits per heavy atom. The van der Waals surface area contributed by atoms with Crippen molar-refractivity contribution in [2.45, 2.75) is 9.24 Å². The third-order valence-corrected chi connectivity index (χ3v) is 3.69. The molecule has 0 amide bonds. The van der Waals surface area contributed by atoms with Crippen LogP contribution in [0, 0.1) is 10.1 Å². The van der Waals surface area contributed by atoms with Gasteiger partial charge in [-0.1, -0.05) is 23.1 Å². The second-order valence-corrected chi connectivity index (χ2v) is 5.18. The number of nitrogens with one attached hydrogen (secondary N) is 1. The molecule has 1 N–H and O–H groups in total. The van der Waals surface area contributed by atoms with Crippen molar-refractivity contribution in [3.8, 4) is 0 Å². The summed E-state index contributed by atoms with van der Waals surface area (Å²) in [6.07, 6.45) is 0. The first-order valence-corrected chi connectivity index (χ1v) is 6.30. The molecule has 0 aliphatic heterocycles. The number of rotatable bonds is 4. The van der Waals surface area contributed by atoms with E-state index in [2.05, 4.69) is 15.5 Å². The lowest BCUT2D eigenvalue weighted by molar-refractivity contribution is -0.385. The van der Waals surface area contributed by atoms with Gasteiger partial charge in [0, 0.05) is 29.8 Å². The maximum atomic E-state index is 10.8. The maximum absolute atomic E-state index is 10.8. The van der Waals surface area contributed by atoms with Crippen LogP contribution in [-0.4, -0.2) is 22.2 Å². The molecule has 0 fully saturated rings. The molecular formula is C9H8N4O2S2. The summed E-state index contributed by atoms with van der Waals surface area (Å²) in [5, 5.41) is 21.3. The van der Waals surface area contributed by atoms with Crippen LogP contribution in [0.15, 0.2) is 32.9 Å². The smallest absolute Gasteiger partial charge is 0.272 e. The van der Waals surface area contributed by atoms with Crippen LogP contribution in [0.3, 0.4) is 0 Å². The number of benzene rings is 1. The Kier molecular flexibility index (Phi) is 3.55. The molecule has 17 heavy (non-hydrogen) atoms. The Morgan fingerprint density at radius 1 is 1.47 bits per heavy atom. The van der Waals surface area contributed by atoms with E-state index < -0.39 is 4.92 Å². The zero-order valence-electron chi connectivity index (χ0n) is 8.78. The minimum atomic E-state index is -0.412. The molecule has 0 saturated heterocycles. The van der Waals surface area contributed by atoms with Gasteiger partial charge < -0.3 is 5.32 Å². The van der Waals surface area contributed by atoms with Crippen molar-refractivity contribution >= 4 is 34.5 Å². The monoisotopic (exact) mass is 268 g/mol. The zero-order chi connectivity index (χ0) is 12.3. The van der Waals surface area contributed by atoms with Crippen LogP contribution in [-0.2, 0) is 0 Å². The summed E-state index contributed by atoms with van der Waals surface area (Å²) in [7, 11) is 1.72. The third kappa shape index (κ3) is 2.92. The number of nitro groups is 1. The third-order valence-electron chi connectivity index (χ3n) is 1.94. The molecular weight excluding hydrogens is 260 g/mol. The molecule has 0 atom stereocenters. The fourth-order valence-electron chi connectivity index (χ4n) is 1.20. The first kappa shape index (κ1) is 11.8. The first-order valence-electron chi connectivity index (χ1n) is 4.60. The van der Waals surface area contributed by atoms with E-state index in [-0.39, 0.29) is 5.69 Å².